The Morgan fingerprint density at radius 3 is 2.45 bits per heavy atom. The van der Waals surface area contributed by atoms with E-state index < -0.39 is 0 Å². The Hall–Kier alpha value is -0.820. The molecule has 1 heteroatoms. The Labute approximate surface area is 69.3 Å². The van der Waals surface area contributed by atoms with Gasteiger partial charge in [0.15, 0.2) is 0 Å². The molecule has 0 aliphatic carbocycles. The van der Waals surface area contributed by atoms with Crippen LogP contribution in [0.15, 0.2) is 36.0 Å². The maximum Gasteiger partial charge on any atom is -0.00368 e. The van der Waals surface area contributed by atoms with Gasteiger partial charge in [-0.05, 0) is 26.8 Å². The summed E-state index contributed by atoms with van der Waals surface area (Å²) in [4.78, 5) is 0. The summed E-state index contributed by atoms with van der Waals surface area (Å²) in [5.74, 6) is 0. The Bertz CT molecular complexity index is 164. The molecule has 0 heterocycles. The van der Waals surface area contributed by atoms with E-state index in [9.17, 15) is 0 Å². The molecule has 2 N–H and O–H groups in total. The fourth-order valence-corrected chi connectivity index (χ4v) is 0.781. The standard InChI is InChI=1S/C10H17N/c1-3-5-6-7-10(4-2)8-9-11/h3-7H,8-9,11H2,1-2H3/b5-3-,7-6-,10-4+. The lowest BCUT2D eigenvalue weighted by atomic mass is 10.1. The molecule has 0 saturated carbocycles. The SMILES string of the molecule is C\C=C/C=C\C(=C/C)CCN. The van der Waals surface area contributed by atoms with E-state index in [4.69, 9.17) is 5.73 Å². The predicted octanol–water partition coefficient (Wildman–Crippen LogP) is 2.41. The number of hydrogen-bond acceptors (Lipinski definition) is 1. The molecule has 0 radical (unpaired) electrons. The van der Waals surface area contributed by atoms with E-state index in [1.54, 1.807) is 0 Å². The largest absolute Gasteiger partial charge is 0.330 e. The zero-order valence-electron chi connectivity index (χ0n) is 7.38. The van der Waals surface area contributed by atoms with Crippen molar-refractivity contribution < 1.29 is 0 Å². The Morgan fingerprint density at radius 2 is 2.00 bits per heavy atom. The van der Waals surface area contributed by atoms with Gasteiger partial charge in [0.1, 0.15) is 0 Å². The maximum atomic E-state index is 5.42. The first kappa shape index (κ1) is 10.2. The van der Waals surface area contributed by atoms with Gasteiger partial charge >= 0.3 is 0 Å². The second-order valence-electron chi connectivity index (χ2n) is 2.29. The van der Waals surface area contributed by atoms with Gasteiger partial charge in [0.05, 0.1) is 0 Å². The third-order valence-electron chi connectivity index (χ3n) is 1.42. The second-order valence-corrected chi connectivity index (χ2v) is 2.29. The van der Waals surface area contributed by atoms with Gasteiger partial charge < -0.3 is 5.73 Å². The summed E-state index contributed by atoms with van der Waals surface area (Å²) in [5.41, 5.74) is 6.71. The van der Waals surface area contributed by atoms with E-state index in [-0.39, 0.29) is 0 Å². The third kappa shape index (κ3) is 5.62. The third-order valence-corrected chi connectivity index (χ3v) is 1.42. The van der Waals surface area contributed by atoms with E-state index in [0.717, 1.165) is 13.0 Å². The van der Waals surface area contributed by atoms with E-state index in [1.165, 1.54) is 5.57 Å². The quantitative estimate of drug-likeness (QED) is 0.613. The zero-order valence-corrected chi connectivity index (χ0v) is 7.38. The molecule has 0 spiro atoms. The van der Waals surface area contributed by atoms with Crippen LogP contribution in [0, 0.1) is 0 Å². The molecule has 0 unspecified atom stereocenters. The van der Waals surface area contributed by atoms with Crippen molar-refractivity contribution in [2.45, 2.75) is 20.3 Å². The molecule has 0 saturated heterocycles. The number of hydrogen-bond donors (Lipinski definition) is 1. The van der Waals surface area contributed by atoms with Crippen LogP contribution in [0.1, 0.15) is 20.3 Å². The highest BCUT2D eigenvalue weighted by atomic mass is 14.5. The van der Waals surface area contributed by atoms with E-state index >= 15 is 0 Å². The lowest BCUT2D eigenvalue weighted by Crippen LogP contribution is -1.98. The van der Waals surface area contributed by atoms with Gasteiger partial charge in [0.2, 0.25) is 0 Å². The van der Waals surface area contributed by atoms with Gasteiger partial charge in [0.25, 0.3) is 0 Å². The minimum atomic E-state index is 0.722. The van der Waals surface area contributed by atoms with E-state index in [2.05, 4.69) is 12.2 Å². The fourth-order valence-electron chi connectivity index (χ4n) is 0.781. The monoisotopic (exact) mass is 151 g/mol. The van der Waals surface area contributed by atoms with Crippen LogP contribution in [-0.2, 0) is 0 Å². The number of nitrogens with two attached hydrogens (primary N) is 1. The first-order valence-electron chi connectivity index (χ1n) is 3.99. The molecule has 0 aliphatic heterocycles. The summed E-state index contributed by atoms with van der Waals surface area (Å²) >= 11 is 0. The average molecular weight is 151 g/mol. The molecule has 0 amide bonds. The number of allylic oxidation sites excluding steroid dienone is 5. The molecule has 0 aromatic carbocycles. The number of rotatable bonds is 4. The van der Waals surface area contributed by atoms with Crippen molar-refractivity contribution in [1.29, 1.82) is 0 Å². The molecule has 0 fully saturated rings. The molecule has 0 aromatic heterocycles. The van der Waals surface area contributed by atoms with Gasteiger partial charge in [-0.2, -0.15) is 0 Å². The van der Waals surface area contributed by atoms with Gasteiger partial charge in [-0.25, -0.2) is 0 Å². The highest BCUT2D eigenvalue weighted by Crippen LogP contribution is 2.01. The zero-order chi connectivity index (χ0) is 8.53. The Balaban J connectivity index is 3.88. The van der Waals surface area contributed by atoms with Crippen LogP contribution >= 0.6 is 0 Å². The van der Waals surface area contributed by atoms with Crippen molar-refractivity contribution in [2.75, 3.05) is 6.54 Å². The lowest BCUT2D eigenvalue weighted by molar-refractivity contribution is 0.971. The van der Waals surface area contributed by atoms with Crippen LogP contribution in [0.3, 0.4) is 0 Å². The smallest absolute Gasteiger partial charge is 0.00368 e. The topological polar surface area (TPSA) is 26.0 Å². The molecule has 62 valence electrons. The minimum absolute atomic E-state index is 0.722. The molecule has 0 atom stereocenters. The van der Waals surface area contributed by atoms with Gasteiger partial charge in [-0.1, -0.05) is 36.0 Å². The summed E-state index contributed by atoms with van der Waals surface area (Å²) in [6.07, 6.45) is 11.2. The molecule has 1 nitrogen and oxygen atoms in total. The second kappa shape index (κ2) is 7.29. The molecule has 0 aliphatic rings. The average Bonchev–Trinajstić information content (AvgIpc) is 2.03. The summed E-state index contributed by atoms with van der Waals surface area (Å²) in [6, 6.07) is 0. The molecule has 11 heavy (non-hydrogen) atoms. The van der Waals surface area contributed by atoms with Gasteiger partial charge in [-0.15, -0.1) is 0 Å². The van der Waals surface area contributed by atoms with Crippen molar-refractivity contribution >= 4 is 0 Å². The molecule has 0 rings (SSSR count). The van der Waals surface area contributed by atoms with Crippen molar-refractivity contribution in [2.24, 2.45) is 5.73 Å². The summed E-state index contributed by atoms with van der Waals surface area (Å²) in [6.45, 7) is 4.76. The fraction of sp³-hybridized carbons (Fsp3) is 0.400. The Kier molecular flexibility index (Phi) is 6.75. The molecular weight excluding hydrogens is 134 g/mol. The molecule has 0 aromatic rings. The van der Waals surface area contributed by atoms with Gasteiger partial charge in [-0.3, -0.25) is 0 Å². The predicted molar refractivity (Wildman–Crippen MR) is 51.4 cm³/mol. The minimum Gasteiger partial charge on any atom is -0.330 e. The molecule has 0 bridgehead atoms. The van der Waals surface area contributed by atoms with Crippen molar-refractivity contribution in [3.63, 3.8) is 0 Å². The summed E-state index contributed by atoms with van der Waals surface area (Å²) < 4.78 is 0. The van der Waals surface area contributed by atoms with Gasteiger partial charge in [0, 0.05) is 0 Å². The van der Waals surface area contributed by atoms with Crippen LogP contribution in [0.5, 0.6) is 0 Å². The van der Waals surface area contributed by atoms with E-state index in [1.807, 2.05) is 32.1 Å². The van der Waals surface area contributed by atoms with Crippen LogP contribution < -0.4 is 5.73 Å². The van der Waals surface area contributed by atoms with Crippen LogP contribution in [0.2, 0.25) is 0 Å². The first-order chi connectivity index (χ1) is 5.35. The summed E-state index contributed by atoms with van der Waals surface area (Å²) in [5, 5.41) is 0. The molecular formula is C10H17N. The normalized spacial score (nSPS) is 13.5. The van der Waals surface area contributed by atoms with E-state index in [0.29, 0.717) is 0 Å². The van der Waals surface area contributed by atoms with Crippen molar-refractivity contribution in [3.8, 4) is 0 Å². The van der Waals surface area contributed by atoms with Crippen molar-refractivity contribution in [1.82, 2.24) is 0 Å². The van der Waals surface area contributed by atoms with Crippen LogP contribution in [0.4, 0.5) is 0 Å². The highest BCUT2D eigenvalue weighted by Gasteiger charge is 1.85. The van der Waals surface area contributed by atoms with Crippen LogP contribution in [-0.4, -0.2) is 6.54 Å². The van der Waals surface area contributed by atoms with Crippen LogP contribution in [0.25, 0.3) is 0 Å². The maximum absolute atomic E-state index is 5.42. The lowest BCUT2D eigenvalue weighted by Gasteiger charge is -1.95. The Morgan fingerprint density at radius 1 is 1.27 bits per heavy atom. The van der Waals surface area contributed by atoms with Crippen molar-refractivity contribution in [3.05, 3.63) is 36.0 Å². The highest BCUT2D eigenvalue weighted by molar-refractivity contribution is 5.21. The first-order valence-corrected chi connectivity index (χ1v) is 3.99. The summed E-state index contributed by atoms with van der Waals surface area (Å²) in [7, 11) is 0.